The number of para-hydroxylation sites is 1. The average Bonchev–Trinajstić information content (AvgIpc) is 3.48. The molecule has 0 aliphatic heterocycles. The Hall–Kier alpha value is -3.92. The van der Waals surface area contributed by atoms with E-state index in [4.69, 9.17) is 0 Å². The minimum Gasteiger partial charge on any atom is -0.343 e. The van der Waals surface area contributed by atoms with E-state index in [1.807, 2.05) is 53.2 Å². The fourth-order valence-electron chi connectivity index (χ4n) is 3.07. The highest BCUT2D eigenvalue weighted by Crippen LogP contribution is 2.26. The molecule has 0 spiro atoms. The molecule has 0 bridgehead atoms. The molecule has 0 fully saturated rings. The van der Waals surface area contributed by atoms with Gasteiger partial charge in [0.05, 0.1) is 10.6 Å². The minimum absolute atomic E-state index is 0.00658. The van der Waals surface area contributed by atoms with Gasteiger partial charge in [0.15, 0.2) is 0 Å². The lowest BCUT2D eigenvalue weighted by Gasteiger charge is -2.11. The van der Waals surface area contributed by atoms with Gasteiger partial charge >= 0.3 is 6.18 Å². The van der Waals surface area contributed by atoms with Gasteiger partial charge in [-0.1, -0.05) is 30.3 Å². The van der Waals surface area contributed by atoms with Gasteiger partial charge in [-0.2, -0.15) is 18.3 Å². The number of halogens is 3. The molecular weight excluding hydrogens is 453 g/mol. The summed E-state index contributed by atoms with van der Waals surface area (Å²) in [5.74, 6) is -1.38. The van der Waals surface area contributed by atoms with Crippen LogP contribution in [0.15, 0.2) is 78.2 Å². The van der Waals surface area contributed by atoms with Crippen molar-refractivity contribution >= 4 is 28.8 Å². The van der Waals surface area contributed by atoms with Gasteiger partial charge in [0.1, 0.15) is 17.9 Å². The Morgan fingerprint density at radius 1 is 0.939 bits per heavy atom. The number of amides is 2. The number of nitrogens with zero attached hydrogens (tertiary/aromatic N) is 2. The summed E-state index contributed by atoms with van der Waals surface area (Å²) < 4.78 is 38.6. The van der Waals surface area contributed by atoms with Crippen LogP contribution in [-0.2, 0) is 0 Å². The van der Waals surface area contributed by atoms with E-state index < -0.39 is 24.5 Å². The summed E-state index contributed by atoms with van der Waals surface area (Å²) in [5, 5.41) is 11.0. The topological polar surface area (TPSA) is 76.0 Å². The molecule has 0 unspecified atom stereocenters. The van der Waals surface area contributed by atoms with Gasteiger partial charge in [-0.15, -0.1) is 11.3 Å². The van der Waals surface area contributed by atoms with Gasteiger partial charge in [-0.05, 0) is 47.8 Å². The van der Waals surface area contributed by atoms with Crippen molar-refractivity contribution in [2.75, 3.05) is 11.9 Å². The van der Waals surface area contributed by atoms with E-state index in [9.17, 15) is 22.8 Å². The van der Waals surface area contributed by atoms with E-state index in [2.05, 4.69) is 10.4 Å². The summed E-state index contributed by atoms with van der Waals surface area (Å²) in [4.78, 5) is 26.0. The van der Waals surface area contributed by atoms with Gasteiger partial charge in [0, 0.05) is 11.3 Å². The fourth-order valence-corrected chi connectivity index (χ4v) is 3.75. The second-order valence-electron chi connectivity index (χ2n) is 6.97. The molecule has 168 valence electrons. The molecule has 4 rings (SSSR count). The Morgan fingerprint density at radius 3 is 2.42 bits per heavy atom. The number of benzene rings is 2. The summed E-state index contributed by atoms with van der Waals surface area (Å²) in [7, 11) is 0. The number of anilines is 1. The third kappa shape index (κ3) is 5.47. The number of hydrogen-bond acceptors (Lipinski definition) is 4. The summed E-state index contributed by atoms with van der Waals surface area (Å²) in [6.45, 7) is -1.44. The first-order chi connectivity index (χ1) is 15.8. The zero-order chi connectivity index (χ0) is 23.4. The average molecular weight is 470 g/mol. The number of hydrogen-bond donors (Lipinski definition) is 2. The first-order valence-corrected chi connectivity index (χ1v) is 10.6. The lowest BCUT2D eigenvalue weighted by atomic mass is 10.2. The van der Waals surface area contributed by atoms with Crippen LogP contribution in [0.5, 0.6) is 0 Å². The van der Waals surface area contributed by atoms with Crippen molar-refractivity contribution in [3.05, 3.63) is 89.4 Å². The van der Waals surface area contributed by atoms with Crippen molar-refractivity contribution in [3.63, 3.8) is 0 Å². The molecule has 2 heterocycles. The SMILES string of the molecule is O=C(NCC(F)(F)F)c1cccc(NC(=O)c2cc(-c3cccs3)nn2-c2ccccc2)c1. The van der Waals surface area contributed by atoms with Crippen molar-refractivity contribution in [2.24, 2.45) is 0 Å². The normalized spacial score (nSPS) is 11.2. The van der Waals surface area contributed by atoms with E-state index in [1.54, 1.807) is 12.1 Å². The molecule has 10 heteroatoms. The highest BCUT2D eigenvalue weighted by atomic mass is 32.1. The first kappa shape index (κ1) is 22.3. The monoisotopic (exact) mass is 470 g/mol. The van der Waals surface area contributed by atoms with Crippen LogP contribution in [0, 0.1) is 0 Å². The molecule has 2 aromatic heterocycles. The molecule has 0 aliphatic carbocycles. The van der Waals surface area contributed by atoms with Gasteiger partial charge in [-0.25, -0.2) is 4.68 Å². The molecule has 2 N–H and O–H groups in total. The molecule has 0 atom stereocenters. The third-order valence-corrected chi connectivity index (χ3v) is 5.44. The number of carbonyl (C=O) groups excluding carboxylic acids is 2. The van der Waals surface area contributed by atoms with Crippen LogP contribution >= 0.6 is 11.3 Å². The minimum atomic E-state index is -4.52. The zero-order valence-corrected chi connectivity index (χ0v) is 17.8. The molecule has 0 aliphatic rings. The van der Waals surface area contributed by atoms with Crippen LogP contribution < -0.4 is 10.6 Å². The molecule has 0 saturated heterocycles. The second-order valence-corrected chi connectivity index (χ2v) is 7.92. The Bertz CT molecular complexity index is 1270. The molecule has 2 aromatic carbocycles. The van der Waals surface area contributed by atoms with Crippen LogP contribution in [0.25, 0.3) is 16.3 Å². The van der Waals surface area contributed by atoms with E-state index in [0.29, 0.717) is 11.4 Å². The van der Waals surface area contributed by atoms with E-state index >= 15 is 0 Å². The van der Waals surface area contributed by atoms with Crippen LogP contribution in [0.1, 0.15) is 20.8 Å². The largest absolute Gasteiger partial charge is 0.405 e. The van der Waals surface area contributed by atoms with E-state index in [0.717, 1.165) is 4.88 Å². The van der Waals surface area contributed by atoms with Gasteiger partial charge in [0.2, 0.25) is 0 Å². The first-order valence-electron chi connectivity index (χ1n) is 9.76. The maximum absolute atomic E-state index is 13.1. The number of carbonyl (C=O) groups is 2. The van der Waals surface area contributed by atoms with Crippen molar-refractivity contribution in [1.29, 1.82) is 0 Å². The van der Waals surface area contributed by atoms with Crippen molar-refractivity contribution in [3.8, 4) is 16.3 Å². The zero-order valence-electron chi connectivity index (χ0n) is 17.0. The Kier molecular flexibility index (Phi) is 6.27. The lowest BCUT2D eigenvalue weighted by molar-refractivity contribution is -0.123. The second kappa shape index (κ2) is 9.29. The maximum atomic E-state index is 13.1. The Morgan fingerprint density at radius 2 is 1.73 bits per heavy atom. The van der Waals surface area contributed by atoms with Gasteiger partial charge in [-0.3, -0.25) is 9.59 Å². The Balaban J connectivity index is 1.59. The van der Waals surface area contributed by atoms with Crippen LogP contribution in [-0.4, -0.2) is 34.3 Å². The molecule has 4 aromatic rings. The maximum Gasteiger partial charge on any atom is 0.405 e. The van der Waals surface area contributed by atoms with Gasteiger partial charge < -0.3 is 10.6 Å². The van der Waals surface area contributed by atoms with Crippen molar-refractivity contribution < 1.29 is 22.8 Å². The van der Waals surface area contributed by atoms with Crippen LogP contribution in [0.3, 0.4) is 0 Å². The van der Waals surface area contributed by atoms with Crippen molar-refractivity contribution in [1.82, 2.24) is 15.1 Å². The van der Waals surface area contributed by atoms with E-state index in [-0.39, 0.29) is 16.9 Å². The summed E-state index contributed by atoms with van der Waals surface area (Å²) in [6.07, 6.45) is -4.52. The Labute approximate surface area is 190 Å². The number of aromatic nitrogens is 2. The predicted octanol–water partition coefficient (Wildman–Crippen LogP) is 5.15. The summed E-state index contributed by atoms with van der Waals surface area (Å²) >= 11 is 1.49. The van der Waals surface area contributed by atoms with Gasteiger partial charge in [0.25, 0.3) is 11.8 Å². The van der Waals surface area contributed by atoms with Crippen LogP contribution in [0.2, 0.25) is 0 Å². The smallest absolute Gasteiger partial charge is 0.343 e. The third-order valence-electron chi connectivity index (χ3n) is 4.55. The fraction of sp³-hybridized carbons (Fsp3) is 0.0870. The standard InChI is InChI=1S/C23H17F3N4O2S/c24-23(25,26)14-27-21(31)15-6-4-7-16(12-15)28-22(32)19-13-18(20-10-5-11-33-20)29-30(19)17-8-2-1-3-9-17/h1-13H,14H2,(H,27,31)(H,28,32). The number of alkyl halides is 3. The van der Waals surface area contributed by atoms with Crippen LogP contribution in [0.4, 0.5) is 18.9 Å². The molecule has 6 nitrogen and oxygen atoms in total. The quantitative estimate of drug-likeness (QED) is 0.410. The summed E-state index contributed by atoms with van der Waals surface area (Å²) in [5.41, 5.74) is 1.83. The molecular formula is C23H17F3N4O2S. The predicted molar refractivity (Wildman–Crippen MR) is 120 cm³/mol. The number of nitrogens with one attached hydrogen (secondary N) is 2. The van der Waals surface area contributed by atoms with Crippen molar-refractivity contribution in [2.45, 2.75) is 6.18 Å². The molecule has 0 radical (unpaired) electrons. The number of thiophene rings is 1. The lowest BCUT2D eigenvalue weighted by Crippen LogP contribution is -2.33. The van der Waals surface area contributed by atoms with E-state index in [1.165, 1.54) is 34.2 Å². The molecule has 33 heavy (non-hydrogen) atoms. The highest BCUT2D eigenvalue weighted by Gasteiger charge is 2.28. The number of rotatable bonds is 6. The highest BCUT2D eigenvalue weighted by molar-refractivity contribution is 7.13. The molecule has 0 saturated carbocycles. The molecule has 2 amide bonds. The summed E-state index contributed by atoms with van der Waals surface area (Å²) in [6, 6.07) is 20.3.